The summed E-state index contributed by atoms with van der Waals surface area (Å²) in [4.78, 5) is 12.9. The first kappa shape index (κ1) is 20.7. The van der Waals surface area contributed by atoms with Gasteiger partial charge in [-0.1, -0.05) is 12.1 Å². The van der Waals surface area contributed by atoms with E-state index in [1.807, 2.05) is 4.90 Å². The topological polar surface area (TPSA) is 77.9 Å². The van der Waals surface area contributed by atoms with Gasteiger partial charge in [-0.25, -0.2) is 13.2 Å². The number of hydrogen-bond donors (Lipinski definition) is 1. The Hall–Kier alpha value is -1.65. The van der Waals surface area contributed by atoms with Crippen molar-refractivity contribution in [3.63, 3.8) is 0 Å². The predicted molar refractivity (Wildman–Crippen MR) is 89.3 cm³/mol. The molecule has 146 valence electrons. The van der Waals surface area contributed by atoms with Crippen molar-refractivity contribution in [2.24, 2.45) is 0 Å². The molecule has 1 aromatic rings. The molecular weight excluding hydrogens is 373 g/mol. The van der Waals surface area contributed by atoms with Gasteiger partial charge in [-0.05, 0) is 30.5 Å². The van der Waals surface area contributed by atoms with Crippen molar-refractivity contribution >= 4 is 16.0 Å². The van der Waals surface area contributed by atoms with Gasteiger partial charge in [0.1, 0.15) is 6.54 Å². The number of benzene rings is 1. The molecule has 0 bridgehead atoms. The number of nitrogens with zero attached hydrogens (tertiary/aromatic N) is 2. The number of hydrogen-bond acceptors (Lipinski definition) is 4. The molecule has 1 aliphatic heterocycles. The van der Waals surface area contributed by atoms with Crippen LogP contribution in [0.5, 0.6) is 0 Å². The van der Waals surface area contributed by atoms with Crippen molar-refractivity contribution in [2.75, 3.05) is 25.9 Å². The van der Waals surface area contributed by atoms with Crippen LogP contribution in [0.3, 0.4) is 0 Å². The lowest BCUT2D eigenvalue weighted by molar-refractivity contribution is -0.140. The van der Waals surface area contributed by atoms with Gasteiger partial charge in [0.15, 0.2) is 0 Å². The van der Waals surface area contributed by atoms with Crippen molar-refractivity contribution in [1.82, 2.24) is 9.21 Å². The normalized spacial score (nSPS) is 17.6. The van der Waals surface area contributed by atoms with Gasteiger partial charge >= 0.3 is 12.1 Å². The first-order valence-corrected chi connectivity index (χ1v) is 9.89. The zero-order chi connectivity index (χ0) is 19.5. The second kappa shape index (κ2) is 7.93. The molecule has 1 aliphatic rings. The Morgan fingerprint density at radius 3 is 2.19 bits per heavy atom. The van der Waals surface area contributed by atoms with Crippen molar-refractivity contribution in [3.8, 4) is 0 Å². The number of likely N-dealkylation sites (tertiary alicyclic amines) is 1. The number of carboxylic acid groups (broad SMARTS) is 1. The van der Waals surface area contributed by atoms with Gasteiger partial charge in [-0.3, -0.25) is 4.90 Å². The van der Waals surface area contributed by atoms with Gasteiger partial charge in [-0.2, -0.15) is 17.5 Å². The van der Waals surface area contributed by atoms with Gasteiger partial charge in [0, 0.05) is 25.7 Å². The van der Waals surface area contributed by atoms with Crippen molar-refractivity contribution < 1.29 is 31.5 Å². The van der Waals surface area contributed by atoms with E-state index in [1.54, 1.807) is 12.1 Å². The average Bonchev–Trinajstić information content (AvgIpc) is 2.52. The third-order valence-electron chi connectivity index (χ3n) is 4.33. The minimum atomic E-state index is -4.58. The Morgan fingerprint density at radius 1 is 1.23 bits per heavy atom. The maximum Gasteiger partial charge on any atom is 0.402 e. The molecule has 2 rings (SSSR count). The Bertz CT molecular complexity index is 727. The highest BCUT2D eigenvalue weighted by molar-refractivity contribution is 7.88. The molecule has 0 amide bonds. The number of sulfonamides is 1. The van der Waals surface area contributed by atoms with Crippen LogP contribution in [0.4, 0.5) is 13.2 Å². The van der Waals surface area contributed by atoms with Crippen LogP contribution in [0, 0.1) is 0 Å². The largest absolute Gasteiger partial charge is 0.478 e. The minimum absolute atomic E-state index is 0.184. The summed E-state index contributed by atoms with van der Waals surface area (Å²) >= 11 is 0. The van der Waals surface area contributed by atoms with Gasteiger partial charge in [-0.15, -0.1) is 0 Å². The summed E-state index contributed by atoms with van der Waals surface area (Å²) in [6.07, 6.45) is -3.14. The molecule has 0 unspecified atom stereocenters. The van der Waals surface area contributed by atoms with Crippen LogP contribution in [0.1, 0.15) is 28.8 Å². The number of alkyl halides is 3. The lowest BCUT2D eigenvalue weighted by Gasteiger charge is -2.37. The standard InChI is InChI=1S/C16H21F3N2O4S/c1-26(24,25)21(11-16(17,18)19)14-6-8-20(9-7-14)10-12-2-4-13(5-3-12)15(22)23/h2-5,14H,6-11H2,1H3,(H,22,23). The molecule has 1 N–H and O–H groups in total. The monoisotopic (exact) mass is 394 g/mol. The van der Waals surface area contributed by atoms with Crippen LogP contribution in [-0.2, 0) is 16.6 Å². The maximum atomic E-state index is 12.7. The number of aromatic carboxylic acids is 1. The fourth-order valence-corrected chi connectivity index (χ4v) is 4.20. The zero-order valence-electron chi connectivity index (χ0n) is 14.2. The van der Waals surface area contributed by atoms with Crippen molar-refractivity contribution in [1.29, 1.82) is 0 Å². The van der Waals surface area contributed by atoms with Crippen molar-refractivity contribution in [2.45, 2.75) is 31.6 Å². The summed E-state index contributed by atoms with van der Waals surface area (Å²) in [5, 5.41) is 8.88. The highest BCUT2D eigenvalue weighted by Crippen LogP contribution is 2.25. The molecule has 0 saturated carbocycles. The second-order valence-electron chi connectivity index (χ2n) is 6.43. The number of carbonyl (C=O) groups is 1. The van der Waals surface area contributed by atoms with Crippen LogP contribution in [0.2, 0.25) is 0 Å². The Labute approximate surface area is 150 Å². The predicted octanol–water partition coefficient (Wildman–Crippen LogP) is 2.17. The summed E-state index contributed by atoms with van der Waals surface area (Å²) in [5.41, 5.74) is 1.08. The highest BCUT2D eigenvalue weighted by atomic mass is 32.2. The fraction of sp³-hybridized carbons (Fsp3) is 0.562. The van der Waals surface area contributed by atoms with Crippen LogP contribution >= 0.6 is 0 Å². The third-order valence-corrected chi connectivity index (χ3v) is 5.61. The third kappa shape index (κ3) is 5.96. The van der Waals surface area contributed by atoms with Gasteiger partial charge < -0.3 is 5.11 Å². The summed E-state index contributed by atoms with van der Waals surface area (Å²) in [6.45, 7) is 0.00235. The Balaban J connectivity index is 1.95. The summed E-state index contributed by atoms with van der Waals surface area (Å²) in [7, 11) is -3.95. The first-order chi connectivity index (χ1) is 12.0. The van der Waals surface area contributed by atoms with E-state index in [9.17, 15) is 26.4 Å². The van der Waals surface area contributed by atoms with Crippen LogP contribution < -0.4 is 0 Å². The average molecular weight is 394 g/mol. The van der Waals surface area contributed by atoms with Crippen LogP contribution in [-0.4, -0.2) is 66.8 Å². The van der Waals surface area contributed by atoms with E-state index in [0.717, 1.165) is 11.8 Å². The van der Waals surface area contributed by atoms with E-state index in [0.29, 0.717) is 36.8 Å². The fourth-order valence-electron chi connectivity index (χ4n) is 3.07. The lowest BCUT2D eigenvalue weighted by atomic mass is 10.0. The molecule has 26 heavy (non-hydrogen) atoms. The van der Waals surface area contributed by atoms with Gasteiger partial charge in [0.2, 0.25) is 10.0 Å². The van der Waals surface area contributed by atoms with E-state index < -0.39 is 34.8 Å². The molecule has 0 spiro atoms. The number of halogens is 3. The molecule has 0 radical (unpaired) electrons. The quantitative estimate of drug-likeness (QED) is 0.800. The molecule has 1 fully saturated rings. The molecule has 1 heterocycles. The van der Waals surface area contributed by atoms with E-state index in [-0.39, 0.29) is 5.56 Å². The summed E-state index contributed by atoms with van der Waals surface area (Å²) in [5.74, 6) is -1.01. The lowest BCUT2D eigenvalue weighted by Crippen LogP contribution is -2.49. The Morgan fingerprint density at radius 2 is 1.77 bits per heavy atom. The minimum Gasteiger partial charge on any atom is -0.478 e. The summed E-state index contributed by atoms with van der Waals surface area (Å²) < 4.78 is 62.1. The smallest absolute Gasteiger partial charge is 0.402 e. The zero-order valence-corrected chi connectivity index (χ0v) is 15.1. The molecule has 0 atom stereocenters. The molecule has 6 nitrogen and oxygen atoms in total. The molecule has 0 aromatic heterocycles. The first-order valence-electron chi connectivity index (χ1n) is 8.04. The molecule has 1 saturated heterocycles. The van der Waals surface area contributed by atoms with Crippen LogP contribution in [0.25, 0.3) is 0 Å². The summed E-state index contributed by atoms with van der Waals surface area (Å²) in [6, 6.07) is 5.72. The highest BCUT2D eigenvalue weighted by Gasteiger charge is 2.39. The second-order valence-corrected chi connectivity index (χ2v) is 8.37. The van der Waals surface area contributed by atoms with Crippen molar-refractivity contribution in [3.05, 3.63) is 35.4 Å². The molecular formula is C16H21F3N2O4S. The Kier molecular flexibility index (Phi) is 6.30. The van der Waals surface area contributed by atoms with E-state index in [4.69, 9.17) is 5.11 Å². The van der Waals surface area contributed by atoms with E-state index >= 15 is 0 Å². The van der Waals surface area contributed by atoms with Gasteiger partial charge in [0.05, 0.1) is 11.8 Å². The van der Waals surface area contributed by atoms with Crippen LogP contribution in [0.15, 0.2) is 24.3 Å². The van der Waals surface area contributed by atoms with Gasteiger partial charge in [0.25, 0.3) is 0 Å². The SMILES string of the molecule is CS(=O)(=O)N(CC(F)(F)F)C1CCN(Cc2ccc(C(=O)O)cc2)CC1. The molecule has 10 heteroatoms. The number of piperidine rings is 1. The molecule has 0 aliphatic carbocycles. The number of carboxylic acids is 1. The van der Waals surface area contributed by atoms with E-state index in [2.05, 4.69) is 0 Å². The number of rotatable bonds is 6. The molecule has 1 aromatic carbocycles. The van der Waals surface area contributed by atoms with E-state index in [1.165, 1.54) is 12.1 Å². The maximum absolute atomic E-state index is 12.7.